The van der Waals surface area contributed by atoms with E-state index in [4.69, 9.17) is 4.84 Å². The van der Waals surface area contributed by atoms with Crippen LogP contribution in [0.3, 0.4) is 0 Å². The number of oxime groups is 1. The van der Waals surface area contributed by atoms with Gasteiger partial charge in [0.25, 0.3) is 5.91 Å². The van der Waals surface area contributed by atoms with E-state index in [-0.39, 0.29) is 12.0 Å². The fraction of sp³-hybridized carbons (Fsp3) is 0.389. The predicted octanol–water partition coefficient (Wildman–Crippen LogP) is 2.56. The highest BCUT2D eigenvalue weighted by Crippen LogP contribution is 2.29. The number of benzene rings is 1. The van der Waals surface area contributed by atoms with Gasteiger partial charge in [-0.3, -0.25) is 4.79 Å². The van der Waals surface area contributed by atoms with E-state index >= 15 is 0 Å². The number of carbonyl (C=O) groups is 1. The summed E-state index contributed by atoms with van der Waals surface area (Å²) >= 11 is 0. The van der Waals surface area contributed by atoms with Crippen LogP contribution in [-0.4, -0.2) is 39.2 Å². The monoisotopic (exact) mass is 324 g/mol. The highest BCUT2D eigenvalue weighted by molar-refractivity contribution is 6.39. The molecule has 1 saturated heterocycles. The van der Waals surface area contributed by atoms with Crippen LogP contribution in [0.15, 0.2) is 54.2 Å². The first-order valence-corrected chi connectivity index (χ1v) is 8.35. The molecule has 2 aliphatic heterocycles. The Bertz CT molecular complexity index is 719. The van der Waals surface area contributed by atoms with E-state index in [0.717, 1.165) is 31.5 Å². The Labute approximate surface area is 140 Å². The van der Waals surface area contributed by atoms with Crippen molar-refractivity contribution in [3.8, 4) is 0 Å². The molecule has 0 radical (unpaired) electrons. The van der Waals surface area contributed by atoms with E-state index in [1.807, 2.05) is 47.8 Å². The average molecular weight is 324 g/mol. The molecule has 0 bridgehead atoms. The molecule has 1 aromatic heterocycles. The molecule has 4 rings (SSSR count). The molecule has 6 heteroatoms. The molecule has 1 amide bonds. The van der Waals surface area contributed by atoms with Crippen LogP contribution in [0.1, 0.15) is 37.0 Å². The minimum atomic E-state index is -0.145. The minimum absolute atomic E-state index is 0.0116. The van der Waals surface area contributed by atoms with Crippen molar-refractivity contribution < 1.29 is 9.63 Å². The number of piperidine rings is 1. The van der Waals surface area contributed by atoms with Crippen molar-refractivity contribution in [2.45, 2.75) is 31.4 Å². The van der Waals surface area contributed by atoms with Gasteiger partial charge in [-0.1, -0.05) is 35.5 Å². The summed E-state index contributed by atoms with van der Waals surface area (Å²) in [4.78, 5) is 24.1. The van der Waals surface area contributed by atoms with Crippen LogP contribution in [0.4, 0.5) is 0 Å². The summed E-state index contributed by atoms with van der Waals surface area (Å²) in [6.07, 6.45) is 7.92. The summed E-state index contributed by atoms with van der Waals surface area (Å²) in [6.45, 7) is 1.49. The van der Waals surface area contributed by atoms with Crippen molar-refractivity contribution in [1.29, 1.82) is 0 Å². The van der Waals surface area contributed by atoms with Crippen molar-refractivity contribution in [2.75, 3.05) is 13.1 Å². The number of hydrogen-bond acceptors (Lipinski definition) is 4. The van der Waals surface area contributed by atoms with E-state index in [1.54, 1.807) is 6.20 Å². The smallest absolute Gasteiger partial charge is 0.271 e. The molecule has 0 aliphatic carbocycles. The summed E-state index contributed by atoms with van der Waals surface area (Å²) < 4.78 is 2.13. The molecular formula is C18H20N4O2. The summed E-state index contributed by atoms with van der Waals surface area (Å²) in [7, 11) is 0. The molecule has 1 aromatic carbocycles. The fourth-order valence-corrected chi connectivity index (χ4v) is 3.39. The summed E-state index contributed by atoms with van der Waals surface area (Å²) in [6, 6.07) is 10.3. The van der Waals surface area contributed by atoms with Crippen LogP contribution in [0.5, 0.6) is 0 Å². The molecule has 0 saturated carbocycles. The minimum Gasteiger partial charge on any atom is -0.387 e. The highest BCUT2D eigenvalue weighted by Gasteiger charge is 2.32. The summed E-state index contributed by atoms with van der Waals surface area (Å²) in [5.74, 6) is 0.0116. The lowest BCUT2D eigenvalue weighted by molar-refractivity contribution is -0.125. The van der Waals surface area contributed by atoms with Crippen molar-refractivity contribution in [1.82, 2.24) is 14.5 Å². The molecule has 0 unspecified atom stereocenters. The molecule has 3 heterocycles. The highest BCUT2D eigenvalue weighted by atomic mass is 16.6. The maximum Gasteiger partial charge on any atom is 0.271 e. The van der Waals surface area contributed by atoms with Crippen molar-refractivity contribution in [3.63, 3.8) is 0 Å². The molecule has 0 N–H and O–H groups in total. The molecule has 1 atom stereocenters. The number of nitrogens with zero attached hydrogens (tertiary/aromatic N) is 4. The first kappa shape index (κ1) is 14.9. The number of aromatic nitrogens is 2. The van der Waals surface area contributed by atoms with Gasteiger partial charge in [0.2, 0.25) is 0 Å². The van der Waals surface area contributed by atoms with E-state index in [0.29, 0.717) is 18.2 Å². The van der Waals surface area contributed by atoms with Gasteiger partial charge in [0, 0.05) is 37.9 Å². The molecule has 124 valence electrons. The van der Waals surface area contributed by atoms with Gasteiger partial charge in [0.1, 0.15) is 5.71 Å². The zero-order valence-corrected chi connectivity index (χ0v) is 13.4. The van der Waals surface area contributed by atoms with Gasteiger partial charge >= 0.3 is 0 Å². The SMILES string of the molecule is O=C(C1=NO[C@@H](c2ccccc2)C1)N1CCC(n2ccnc2)CC1. The lowest BCUT2D eigenvalue weighted by Gasteiger charge is -2.32. The van der Waals surface area contributed by atoms with Crippen LogP contribution in [0.2, 0.25) is 0 Å². The van der Waals surface area contributed by atoms with Crippen molar-refractivity contribution >= 4 is 11.6 Å². The van der Waals surface area contributed by atoms with Crippen LogP contribution in [0.25, 0.3) is 0 Å². The molecule has 24 heavy (non-hydrogen) atoms. The Morgan fingerprint density at radius 3 is 2.67 bits per heavy atom. The van der Waals surface area contributed by atoms with Crippen LogP contribution >= 0.6 is 0 Å². The van der Waals surface area contributed by atoms with Crippen molar-refractivity contribution in [3.05, 3.63) is 54.6 Å². The van der Waals surface area contributed by atoms with Crippen molar-refractivity contribution in [2.24, 2.45) is 5.16 Å². The van der Waals surface area contributed by atoms with Gasteiger partial charge < -0.3 is 14.3 Å². The van der Waals surface area contributed by atoms with Gasteiger partial charge in [0.05, 0.1) is 6.33 Å². The topological polar surface area (TPSA) is 59.7 Å². The predicted molar refractivity (Wildman–Crippen MR) is 89.4 cm³/mol. The molecular weight excluding hydrogens is 304 g/mol. The standard InChI is InChI=1S/C18H20N4O2/c23-18(16-12-17(24-20-16)14-4-2-1-3-5-14)21-9-6-15(7-10-21)22-11-8-19-13-22/h1-5,8,11,13,15,17H,6-7,9-10,12H2/t17-/m1/s1. The third kappa shape index (κ3) is 2.91. The third-order valence-electron chi connectivity index (χ3n) is 4.79. The van der Waals surface area contributed by atoms with E-state index in [1.165, 1.54) is 0 Å². The van der Waals surface area contributed by atoms with E-state index < -0.39 is 0 Å². The van der Waals surface area contributed by atoms with Gasteiger partial charge in [0.15, 0.2) is 6.10 Å². The number of rotatable bonds is 3. The third-order valence-corrected chi connectivity index (χ3v) is 4.79. The molecule has 6 nitrogen and oxygen atoms in total. The Hall–Kier alpha value is -2.63. The number of carbonyl (C=O) groups excluding carboxylic acids is 1. The quantitative estimate of drug-likeness (QED) is 0.872. The van der Waals surface area contributed by atoms with Gasteiger partial charge in [-0.05, 0) is 18.4 Å². The second kappa shape index (κ2) is 6.47. The normalized spacial score (nSPS) is 21.4. The maximum atomic E-state index is 12.7. The van der Waals surface area contributed by atoms with Gasteiger partial charge in [-0.15, -0.1) is 0 Å². The Kier molecular flexibility index (Phi) is 4.02. The zero-order valence-electron chi connectivity index (χ0n) is 13.4. The molecule has 2 aromatic rings. The second-order valence-corrected chi connectivity index (χ2v) is 6.28. The lowest BCUT2D eigenvalue weighted by atomic mass is 10.0. The second-order valence-electron chi connectivity index (χ2n) is 6.28. The Morgan fingerprint density at radius 2 is 1.96 bits per heavy atom. The first-order valence-electron chi connectivity index (χ1n) is 8.35. The summed E-state index contributed by atoms with van der Waals surface area (Å²) in [5, 5.41) is 4.05. The molecule has 0 spiro atoms. The number of imidazole rings is 1. The molecule has 2 aliphatic rings. The Balaban J connectivity index is 1.34. The van der Waals surface area contributed by atoms with E-state index in [2.05, 4.69) is 14.7 Å². The largest absolute Gasteiger partial charge is 0.387 e. The van der Waals surface area contributed by atoms with Gasteiger partial charge in [-0.25, -0.2) is 4.98 Å². The van der Waals surface area contributed by atoms with Crippen LogP contribution < -0.4 is 0 Å². The molecule has 1 fully saturated rings. The number of likely N-dealkylation sites (tertiary alicyclic amines) is 1. The lowest BCUT2D eigenvalue weighted by Crippen LogP contribution is -2.42. The average Bonchev–Trinajstić information content (AvgIpc) is 3.34. The summed E-state index contributed by atoms with van der Waals surface area (Å²) in [5.41, 5.74) is 1.59. The van der Waals surface area contributed by atoms with Gasteiger partial charge in [-0.2, -0.15) is 0 Å². The number of amides is 1. The maximum absolute atomic E-state index is 12.7. The fourth-order valence-electron chi connectivity index (χ4n) is 3.39. The first-order chi connectivity index (χ1) is 11.8. The van der Waals surface area contributed by atoms with Crippen LogP contribution in [0, 0.1) is 0 Å². The zero-order chi connectivity index (χ0) is 16.4. The van der Waals surface area contributed by atoms with E-state index in [9.17, 15) is 4.79 Å². The Morgan fingerprint density at radius 1 is 1.17 bits per heavy atom. The van der Waals surface area contributed by atoms with Crippen LogP contribution in [-0.2, 0) is 9.63 Å². The number of hydrogen-bond donors (Lipinski definition) is 0.